The molecule has 2 heterocycles. The van der Waals surface area contributed by atoms with E-state index in [1.54, 1.807) is 0 Å². The molecule has 1 atom stereocenters. The summed E-state index contributed by atoms with van der Waals surface area (Å²) in [5.41, 5.74) is 1.29. The predicted octanol–water partition coefficient (Wildman–Crippen LogP) is 1.22. The first kappa shape index (κ1) is 7.80. The van der Waals surface area contributed by atoms with Gasteiger partial charge in [-0.15, -0.1) is 0 Å². The first-order chi connectivity index (χ1) is 5.86. The van der Waals surface area contributed by atoms with Gasteiger partial charge < -0.3 is 4.90 Å². The zero-order valence-corrected chi connectivity index (χ0v) is 7.45. The molecular weight excluding hydrogens is 150 g/mol. The first-order valence-corrected chi connectivity index (χ1v) is 4.54. The summed E-state index contributed by atoms with van der Waals surface area (Å²) in [5, 5.41) is 7.03. The molecule has 0 aromatic carbocycles. The van der Waals surface area contributed by atoms with E-state index < -0.39 is 0 Å². The van der Waals surface area contributed by atoms with Crippen LogP contribution in [0.1, 0.15) is 24.5 Å². The van der Waals surface area contributed by atoms with Gasteiger partial charge in [0.05, 0.1) is 0 Å². The molecule has 1 aromatic heterocycles. The Labute approximate surface area is 72.8 Å². The Morgan fingerprint density at radius 3 is 3.25 bits per heavy atom. The number of rotatable bonds is 1. The number of aromatic amines is 1. The van der Waals surface area contributed by atoms with Crippen LogP contribution >= 0.6 is 0 Å². The summed E-state index contributed by atoms with van der Waals surface area (Å²) in [6.07, 6.45) is 4.44. The zero-order valence-electron chi connectivity index (χ0n) is 7.45. The molecule has 0 amide bonds. The molecular formula is C9H15N3. The van der Waals surface area contributed by atoms with Crippen molar-refractivity contribution in [3.63, 3.8) is 0 Å². The van der Waals surface area contributed by atoms with Crippen LogP contribution in [0.2, 0.25) is 0 Å². The minimum absolute atomic E-state index is 0.672. The van der Waals surface area contributed by atoms with Crippen molar-refractivity contribution >= 4 is 0 Å². The normalized spacial score (nSPS) is 25.9. The lowest BCUT2D eigenvalue weighted by Crippen LogP contribution is -2.30. The topological polar surface area (TPSA) is 31.9 Å². The van der Waals surface area contributed by atoms with Gasteiger partial charge in [-0.1, -0.05) is 0 Å². The standard InChI is InChI=1S/C9H15N3/c1-12-6-2-3-8(7-12)9-4-5-10-11-9/h4-5,8H,2-3,6-7H2,1H3,(H,10,11). The molecule has 3 heteroatoms. The quantitative estimate of drug-likeness (QED) is 0.678. The minimum atomic E-state index is 0.672. The fraction of sp³-hybridized carbons (Fsp3) is 0.667. The van der Waals surface area contributed by atoms with Crippen molar-refractivity contribution in [2.75, 3.05) is 20.1 Å². The van der Waals surface area contributed by atoms with Crippen LogP contribution in [-0.2, 0) is 0 Å². The highest BCUT2D eigenvalue weighted by molar-refractivity contribution is 5.07. The molecule has 66 valence electrons. The smallest absolute Gasteiger partial charge is 0.0490 e. The molecule has 1 fully saturated rings. The summed E-state index contributed by atoms with van der Waals surface area (Å²) in [4.78, 5) is 2.38. The molecule has 3 nitrogen and oxygen atoms in total. The molecule has 1 N–H and O–H groups in total. The van der Waals surface area contributed by atoms with Crippen molar-refractivity contribution < 1.29 is 0 Å². The van der Waals surface area contributed by atoms with Gasteiger partial charge in [0, 0.05) is 24.4 Å². The predicted molar refractivity (Wildman–Crippen MR) is 48.1 cm³/mol. The maximum atomic E-state index is 3.98. The number of hydrogen-bond donors (Lipinski definition) is 1. The van der Waals surface area contributed by atoms with Gasteiger partial charge in [-0.3, -0.25) is 5.10 Å². The third-order valence-corrected chi connectivity index (χ3v) is 2.59. The lowest BCUT2D eigenvalue weighted by Gasteiger charge is -2.28. The Bertz CT molecular complexity index is 230. The lowest BCUT2D eigenvalue weighted by atomic mass is 9.95. The second-order valence-corrected chi connectivity index (χ2v) is 3.61. The highest BCUT2D eigenvalue weighted by Crippen LogP contribution is 2.23. The van der Waals surface area contributed by atoms with Crippen LogP contribution in [0.15, 0.2) is 12.3 Å². The Kier molecular flexibility index (Phi) is 2.13. The Balaban J connectivity index is 2.04. The van der Waals surface area contributed by atoms with E-state index in [0.717, 1.165) is 0 Å². The van der Waals surface area contributed by atoms with Crippen molar-refractivity contribution in [1.29, 1.82) is 0 Å². The number of aromatic nitrogens is 2. The van der Waals surface area contributed by atoms with Crippen LogP contribution in [0, 0.1) is 0 Å². The molecule has 1 aliphatic heterocycles. The van der Waals surface area contributed by atoms with Crippen LogP contribution in [0.5, 0.6) is 0 Å². The van der Waals surface area contributed by atoms with Crippen molar-refractivity contribution in [2.24, 2.45) is 0 Å². The van der Waals surface area contributed by atoms with Crippen LogP contribution < -0.4 is 0 Å². The average molecular weight is 165 g/mol. The number of likely N-dealkylation sites (N-methyl/N-ethyl adjacent to an activating group) is 1. The Hall–Kier alpha value is -0.830. The number of nitrogens with one attached hydrogen (secondary N) is 1. The first-order valence-electron chi connectivity index (χ1n) is 4.54. The molecule has 1 saturated heterocycles. The fourth-order valence-corrected chi connectivity index (χ4v) is 1.91. The summed E-state index contributed by atoms with van der Waals surface area (Å²) in [7, 11) is 2.18. The highest BCUT2D eigenvalue weighted by atomic mass is 15.1. The van der Waals surface area contributed by atoms with E-state index in [4.69, 9.17) is 0 Å². The Morgan fingerprint density at radius 1 is 1.67 bits per heavy atom. The minimum Gasteiger partial charge on any atom is -0.306 e. The lowest BCUT2D eigenvalue weighted by molar-refractivity contribution is 0.248. The molecule has 1 aliphatic rings. The number of hydrogen-bond acceptors (Lipinski definition) is 2. The molecule has 1 unspecified atom stereocenters. The number of nitrogens with zero attached hydrogens (tertiary/aromatic N) is 2. The number of H-pyrrole nitrogens is 1. The maximum absolute atomic E-state index is 3.98. The molecule has 0 bridgehead atoms. The number of piperidine rings is 1. The van der Waals surface area contributed by atoms with Crippen LogP contribution in [0.3, 0.4) is 0 Å². The van der Waals surface area contributed by atoms with Crippen LogP contribution in [-0.4, -0.2) is 35.2 Å². The van der Waals surface area contributed by atoms with E-state index in [1.807, 2.05) is 6.20 Å². The van der Waals surface area contributed by atoms with Gasteiger partial charge in [0.25, 0.3) is 0 Å². The van der Waals surface area contributed by atoms with Gasteiger partial charge in [0.2, 0.25) is 0 Å². The molecule has 1 aromatic rings. The largest absolute Gasteiger partial charge is 0.306 e. The monoisotopic (exact) mass is 165 g/mol. The fourth-order valence-electron chi connectivity index (χ4n) is 1.91. The third-order valence-electron chi connectivity index (χ3n) is 2.59. The van der Waals surface area contributed by atoms with Crippen molar-refractivity contribution in [1.82, 2.24) is 15.1 Å². The molecule has 0 aliphatic carbocycles. The van der Waals surface area contributed by atoms with E-state index >= 15 is 0 Å². The Morgan fingerprint density at radius 2 is 2.58 bits per heavy atom. The maximum Gasteiger partial charge on any atom is 0.0490 e. The van der Waals surface area contributed by atoms with E-state index in [1.165, 1.54) is 31.6 Å². The van der Waals surface area contributed by atoms with Gasteiger partial charge in [-0.2, -0.15) is 5.10 Å². The van der Waals surface area contributed by atoms with E-state index in [-0.39, 0.29) is 0 Å². The van der Waals surface area contributed by atoms with Crippen LogP contribution in [0.4, 0.5) is 0 Å². The summed E-state index contributed by atoms with van der Waals surface area (Å²) in [6, 6.07) is 2.09. The molecule has 0 saturated carbocycles. The van der Waals surface area contributed by atoms with Gasteiger partial charge in [0.15, 0.2) is 0 Å². The van der Waals surface area contributed by atoms with Gasteiger partial charge >= 0.3 is 0 Å². The van der Waals surface area contributed by atoms with Crippen LogP contribution in [0.25, 0.3) is 0 Å². The van der Waals surface area contributed by atoms with Gasteiger partial charge in [-0.05, 0) is 32.5 Å². The summed E-state index contributed by atoms with van der Waals surface area (Å²) < 4.78 is 0. The van der Waals surface area contributed by atoms with Crippen molar-refractivity contribution in [3.8, 4) is 0 Å². The van der Waals surface area contributed by atoms with E-state index in [2.05, 4.69) is 28.2 Å². The number of likely N-dealkylation sites (tertiary alicyclic amines) is 1. The summed E-state index contributed by atoms with van der Waals surface area (Å²) >= 11 is 0. The summed E-state index contributed by atoms with van der Waals surface area (Å²) in [6.45, 7) is 2.41. The van der Waals surface area contributed by atoms with Gasteiger partial charge in [-0.25, -0.2) is 0 Å². The molecule has 12 heavy (non-hydrogen) atoms. The SMILES string of the molecule is CN1CCCC(c2ccn[nH]2)C1. The average Bonchev–Trinajstić information content (AvgIpc) is 2.56. The highest BCUT2D eigenvalue weighted by Gasteiger charge is 2.19. The summed E-state index contributed by atoms with van der Waals surface area (Å²) in [5.74, 6) is 0.672. The van der Waals surface area contributed by atoms with Crippen molar-refractivity contribution in [2.45, 2.75) is 18.8 Å². The van der Waals surface area contributed by atoms with E-state index in [0.29, 0.717) is 5.92 Å². The van der Waals surface area contributed by atoms with Gasteiger partial charge in [0.1, 0.15) is 0 Å². The van der Waals surface area contributed by atoms with E-state index in [9.17, 15) is 0 Å². The molecule has 2 rings (SSSR count). The van der Waals surface area contributed by atoms with Crippen molar-refractivity contribution in [3.05, 3.63) is 18.0 Å². The molecule has 0 spiro atoms. The second kappa shape index (κ2) is 3.27. The zero-order chi connectivity index (χ0) is 8.39. The molecule has 0 radical (unpaired) electrons. The second-order valence-electron chi connectivity index (χ2n) is 3.61. The third kappa shape index (κ3) is 1.50.